The Morgan fingerprint density at radius 3 is 2.79 bits per heavy atom. The van der Waals surface area contributed by atoms with E-state index in [4.69, 9.17) is 11.6 Å². The van der Waals surface area contributed by atoms with Crippen molar-refractivity contribution >= 4 is 23.2 Å². The molecule has 0 saturated heterocycles. The van der Waals surface area contributed by atoms with E-state index in [1.165, 1.54) is 0 Å². The second-order valence-corrected chi connectivity index (χ2v) is 9.65. The molecule has 2 aliphatic rings. The van der Waals surface area contributed by atoms with Gasteiger partial charge in [-0.2, -0.15) is 0 Å². The quantitative estimate of drug-likeness (QED) is 0.518. The molecule has 178 valence electrons. The summed E-state index contributed by atoms with van der Waals surface area (Å²) in [6, 6.07) is 11.5. The van der Waals surface area contributed by atoms with Gasteiger partial charge >= 0.3 is 0 Å². The molecule has 0 radical (unpaired) electrons. The topological polar surface area (TPSA) is 90.6 Å². The number of halogens is 1. The van der Waals surface area contributed by atoms with Crippen molar-refractivity contribution in [2.24, 2.45) is 7.05 Å². The van der Waals surface area contributed by atoms with Crippen LogP contribution < -0.4 is 5.32 Å². The molecule has 2 unspecified atom stereocenters. The van der Waals surface area contributed by atoms with Gasteiger partial charge in [0.25, 0.3) is 5.91 Å². The van der Waals surface area contributed by atoms with Gasteiger partial charge in [0.05, 0.1) is 28.6 Å². The molecule has 1 amide bonds. The van der Waals surface area contributed by atoms with E-state index in [1.54, 1.807) is 13.0 Å². The summed E-state index contributed by atoms with van der Waals surface area (Å²) in [5.74, 6) is 0.0285. The minimum atomic E-state index is -0.442. The minimum absolute atomic E-state index is 0.313. The molecule has 3 aromatic rings. The number of hydrogen-bond donors (Lipinski definition) is 3. The summed E-state index contributed by atoms with van der Waals surface area (Å²) in [6.45, 7) is 3.79. The van der Waals surface area contributed by atoms with Crippen molar-refractivity contribution < 1.29 is 15.0 Å². The maximum absolute atomic E-state index is 13.2. The highest BCUT2D eigenvalue weighted by Gasteiger charge is 2.27. The van der Waals surface area contributed by atoms with Gasteiger partial charge in [-0.1, -0.05) is 41.9 Å². The third-order valence-electron chi connectivity index (χ3n) is 6.84. The third kappa shape index (κ3) is 4.14. The number of aromatic nitrogens is 2. The molecule has 5 rings (SSSR count). The SMILES string of the molecule is CC(O)CN1CCc2c(nc(C(=O)Nc3cccc(-c4cccc5c4CCC5O)c3Cl)n2C)C1. The summed E-state index contributed by atoms with van der Waals surface area (Å²) in [5, 5.41) is 23.4. The van der Waals surface area contributed by atoms with Crippen molar-refractivity contribution in [3.8, 4) is 11.1 Å². The fraction of sp³-hybridized carbons (Fsp3) is 0.385. The van der Waals surface area contributed by atoms with Crippen molar-refractivity contribution in [3.05, 3.63) is 69.8 Å². The number of β-amino-alcohol motifs (C(OH)–C–C–N with tert-alkyl or cyclic N) is 1. The Hall–Kier alpha value is -2.71. The number of carbonyl (C=O) groups is 1. The molecule has 2 aromatic carbocycles. The number of anilines is 1. The Balaban J connectivity index is 1.41. The highest BCUT2D eigenvalue weighted by molar-refractivity contribution is 6.36. The zero-order valence-corrected chi connectivity index (χ0v) is 20.1. The summed E-state index contributed by atoms with van der Waals surface area (Å²) in [4.78, 5) is 20.0. The van der Waals surface area contributed by atoms with Crippen LogP contribution in [0.15, 0.2) is 36.4 Å². The predicted octanol–water partition coefficient (Wildman–Crippen LogP) is 3.71. The molecule has 2 heterocycles. The van der Waals surface area contributed by atoms with Gasteiger partial charge in [0.2, 0.25) is 0 Å². The standard InChI is InChI=1S/C26H29ClN4O3/c1-15(32)13-31-12-11-22-21(14-31)28-25(30(22)2)26(34)29-20-8-4-7-19(24(20)27)16-5-3-6-18-17(16)9-10-23(18)33/h3-8,15,23,32-33H,9-14H2,1-2H3,(H,29,34). The molecule has 3 N–H and O–H groups in total. The van der Waals surface area contributed by atoms with E-state index in [0.29, 0.717) is 36.0 Å². The molecule has 2 atom stereocenters. The first-order valence-corrected chi connectivity index (χ1v) is 12.1. The molecule has 1 aliphatic heterocycles. The van der Waals surface area contributed by atoms with Crippen molar-refractivity contribution in [1.29, 1.82) is 0 Å². The second-order valence-electron chi connectivity index (χ2n) is 9.27. The molecular weight excluding hydrogens is 452 g/mol. The number of hydrogen-bond acceptors (Lipinski definition) is 5. The van der Waals surface area contributed by atoms with Gasteiger partial charge in [0.15, 0.2) is 5.82 Å². The number of imidazole rings is 1. The fourth-order valence-electron chi connectivity index (χ4n) is 5.21. The molecule has 0 fully saturated rings. The Kier molecular flexibility index (Phi) is 6.20. The number of carbonyl (C=O) groups excluding carboxylic acids is 1. The lowest BCUT2D eigenvalue weighted by Crippen LogP contribution is -2.36. The summed E-state index contributed by atoms with van der Waals surface area (Å²) in [6.07, 6.45) is 1.43. The van der Waals surface area contributed by atoms with Gasteiger partial charge in [0, 0.05) is 44.4 Å². The molecule has 0 bridgehead atoms. The van der Waals surface area contributed by atoms with Crippen LogP contribution in [0.25, 0.3) is 11.1 Å². The average molecular weight is 481 g/mol. The van der Waals surface area contributed by atoms with Gasteiger partial charge < -0.3 is 20.1 Å². The lowest BCUT2D eigenvalue weighted by Gasteiger charge is -2.27. The van der Waals surface area contributed by atoms with E-state index in [1.807, 2.05) is 41.9 Å². The Morgan fingerprint density at radius 1 is 1.24 bits per heavy atom. The largest absolute Gasteiger partial charge is 0.392 e. The molecule has 7 nitrogen and oxygen atoms in total. The molecule has 0 saturated carbocycles. The molecule has 1 aliphatic carbocycles. The van der Waals surface area contributed by atoms with Crippen LogP contribution in [0.1, 0.15) is 52.6 Å². The summed E-state index contributed by atoms with van der Waals surface area (Å²) < 4.78 is 1.85. The number of nitrogens with zero attached hydrogens (tertiary/aromatic N) is 3. The highest BCUT2D eigenvalue weighted by atomic mass is 35.5. The molecule has 8 heteroatoms. The van der Waals surface area contributed by atoms with E-state index >= 15 is 0 Å². The smallest absolute Gasteiger partial charge is 0.291 e. The number of fused-ring (bicyclic) bond motifs is 2. The Labute approximate surface area is 204 Å². The Morgan fingerprint density at radius 2 is 2.00 bits per heavy atom. The predicted molar refractivity (Wildman–Crippen MR) is 132 cm³/mol. The first kappa shape index (κ1) is 23.1. The first-order chi connectivity index (χ1) is 16.3. The summed E-state index contributed by atoms with van der Waals surface area (Å²) >= 11 is 6.79. The van der Waals surface area contributed by atoms with E-state index in [9.17, 15) is 15.0 Å². The summed E-state index contributed by atoms with van der Waals surface area (Å²) in [5.41, 5.74) is 6.32. The maximum Gasteiger partial charge on any atom is 0.291 e. The normalized spacial score (nSPS) is 18.4. The second kappa shape index (κ2) is 9.15. The average Bonchev–Trinajstić information content (AvgIpc) is 3.35. The first-order valence-electron chi connectivity index (χ1n) is 11.7. The van der Waals surface area contributed by atoms with E-state index in [-0.39, 0.29) is 5.91 Å². The zero-order valence-electron chi connectivity index (χ0n) is 19.4. The number of nitrogens with one attached hydrogen (secondary N) is 1. The monoisotopic (exact) mass is 480 g/mol. The fourth-order valence-corrected chi connectivity index (χ4v) is 5.49. The number of benzene rings is 2. The molecular formula is C26H29ClN4O3. The number of rotatable bonds is 5. The van der Waals surface area contributed by atoms with Crippen LogP contribution in [0.4, 0.5) is 5.69 Å². The van der Waals surface area contributed by atoms with Crippen molar-refractivity contribution in [2.75, 3.05) is 18.4 Å². The van der Waals surface area contributed by atoms with Crippen LogP contribution in [0.5, 0.6) is 0 Å². The van der Waals surface area contributed by atoms with Gasteiger partial charge in [-0.05, 0) is 42.5 Å². The van der Waals surface area contributed by atoms with E-state index < -0.39 is 12.2 Å². The molecule has 34 heavy (non-hydrogen) atoms. The van der Waals surface area contributed by atoms with Crippen LogP contribution in [0.3, 0.4) is 0 Å². The highest BCUT2D eigenvalue weighted by Crippen LogP contribution is 2.41. The van der Waals surface area contributed by atoms with Crippen molar-refractivity contribution in [3.63, 3.8) is 0 Å². The number of aliphatic hydroxyl groups is 2. The van der Waals surface area contributed by atoms with E-state index in [0.717, 1.165) is 53.0 Å². The van der Waals surface area contributed by atoms with Crippen LogP contribution in [-0.4, -0.2) is 49.8 Å². The van der Waals surface area contributed by atoms with Gasteiger partial charge in [-0.3, -0.25) is 9.69 Å². The molecule has 0 spiro atoms. The van der Waals surface area contributed by atoms with Gasteiger partial charge in [-0.25, -0.2) is 4.98 Å². The van der Waals surface area contributed by atoms with Gasteiger partial charge in [-0.15, -0.1) is 0 Å². The summed E-state index contributed by atoms with van der Waals surface area (Å²) in [7, 11) is 1.86. The molecule has 1 aromatic heterocycles. The minimum Gasteiger partial charge on any atom is -0.392 e. The van der Waals surface area contributed by atoms with Crippen LogP contribution in [-0.2, 0) is 26.4 Å². The van der Waals surface area contributed by atoms with Crippen LogP contribution in [0.2, 0.25) is 5.02 Å². The van der Waals surface area contributed by atoms with Crippen molar-refractivity contribution in [2.45, 2.75) is 44.9 Å². The number of aliphatic hydroxyl groups excluding tert-OH is 2. The van der Waals surface area contributed by atoms with Crippen LogP contribution >= 0.6 is 11.6 Å². The van der Waals surface area contributed by atoms with Gasteiger partial charge in [0.1, 0.15) is 0 Å². The van der Waals surface area contributed by atoms with Crippen molar-refractivity contribution in [1.82, 2.24) is 14.5 Å². The lowest BCUT2D eigenvalue weighted by molar-refractivity contribution is 0.101. The third-order valence-corrected chi connectivity index (χ3v) is 7.24. The number of amides is 1. The van der Waals surface area contributed by atoms with E-state index in [2.05, 4.69) is 15.2 Å². The maximum atomic E-state index is 13.2. The Bertz CT molecular complexity index is 1250. The lowest BCUT2D eigenvalue weighted by atomic mass is 9.96. The van der Waals surface area contributed by atoms with Crippen LogP contribution in [0, 0.1) is 0 Å². The zero-order chi connectivity index (χ0) is 24.0.